The van der Waals surface area contributed by atoms with Crippen molar-refractivity contribution in [3.8, 4) is 0 Å². The van der Waals surface area contributed by atoms with Crippen LogP contribution in [0.3, 0.4) is 0 Å². The zero-order chi connectivity index (χ0) is 32.6. The normalized spacial score (nSPS) is 19.4. The Labute approximate surface area is 236 Å². The molecule has 0 saturated heterocycles. The summed E-state index contributed by atoms with van der Waals surface area (Å²) in [6, 6.07) is -4.62. The number of alkyl halides is 3. The molecule has 0 radical (unpaired) electrons. The van der Waals surface area contributed by atoms with Crippen LogP contribution in [0.5, 0.6) is 0 Å². The Morgan fingerprint density at radius 1 is 1.05 bits per heavy atom. The van der Waals surface area contributed by atoms with Crippen molar-refractivity contribution in [1.82, 2.24) is 21.3 Å². The third-order valence-corrected chi connectivity index (χ3v) is 4.98. The van der Waals surface area contributed by atoms with Gasteiger partial charge in [-0.3, -0.25) is 10.2 Å². The number of carbonyl (C=O) groups is 5. The molecule has 0 aromatic carbocycles. The highest BCUT2D eigenvalue weighted by Gasteiger charge is 2.61. The summed E-state index contributed by atoms with van der Waals surface area (Å²) in [5.41, 5.74) is 5.38. The van der Waals surface area contributed by atoms with E-state index >= 15 is 0 Å². The van der Waals surface area contributed by atoms with E-state index in [1.807, 2.05) is 0 Å². The SMILES string of the molecule is CC(=O)N[C@@H]1[C@@H](NC(=N)N)C=C(C(=O)O)O[C@H]1C(OC(=O)NC(C)C)(OC(=O)NC(C)C)[C@H](O)COC(=O)C(F)(F)F. The second kappa shape index (κ2) is 14.4. The number of nitrogens with one attached hydrogen (secondary N) is 5. The van der Waals surface area contributed by atoms with Crippen LogP contribution >= 0.6 is 0 Å². The van der Waals surface area contributed by atoms with Crippen LogP contribution in [0.15, 0.2) is 11.8 Å². The van der Waals surface area contributed by atoms with Crippen molar-refractivity contribution in [2.24, 2.45) is 5.73 Å². The molecule has 0 bridgehead atoms. The molecule has 20 heteroatoms. The van der Waals surface area contributed by atoms with E-state index in [-0.39, 0.29) is 0 Å². The Hall–Kier alpha value is -4.49. The summed E-state index contributed by atoms with van der Waals surface area (Å²) in [4.78, 5) is 61.2. The minimum absolute atomic E-state index is 0.681. The number of aliphatic carboxylic acids is 1. The molecule has 3 amide bonds. The number of alkyl carbamates (subject to hydrolysis) is 2. The number of aliphatic hydroxyl groups is 1. The molecule has 0 aromatic heterocycles. The van der Waals surface area contributed by atoms with Crippen molar-refractivity contribution in [3.05, 3.63) is 11.8 Å². The van der Waals surface area contributed by atoms with Crippen molar-refractivity contribution >= 4 is 36.0 Å². The molecule has 1 heterocycles. The minimum Gasteiger partial charge on any atom is -0.475 e. The van der Waals surface area contributed by atoms with Gasteiger partial charge in [-0.05, 0) is 33.8 Å². The second-order valence-corrected chi connectivity index (χ2v) is 9.40. The molecule has 17 nitrogen and oxygen atoms in total. The van der Waals surface area contributed by atoms with E-state index in [0.717, 1.165) is 13.0 Å². The summed E-state index contributed by atoms with van der Waals surface area (Å²) in [6.45, 7) is 5.11. The van der Waals surface area contributed by atoms with Crippen LogP contribution in [0.4, 0.5) is 22.8 Å². The molecule has 0 spiro atoms. The molecule has 1 aliphatic rings. The van der Waals surface area contributed by atoms with Crippen molar-refractivity contribution < 1.29 is 66.3 Å². The van der Waals surface area contributed by atoms with E-state index in [0.29, 0.717) is 0 Å². The van der Waals surface area contributed by atoms with E-state index < -0.39 is 96.7 Å². The number of carboxylic acid groups (broad SMARTS) is 1. The second-order valence-electron chi connectivity index (χ2n) is 9.40. The number of carboxylic acids is 1. The quantitative estimate of drug-likeness (QED) is 0.0611. The van der Waals surface area contributed by atoms with Crippen LogP contribution in [-0.2, 0) is 33.3 Å². The van der Waals surface area contributed by atoms with Crippen LogP contribution in [0.25, 0.3) is 0 Å². The number of hydrogen-bond acceptors (Lipinski definition) is 11. The maximum absolute atomic E-state index is 12.8. The van der Waals surface area contributed by atoms with E-state index in [4.69, 9.17) is 25.4 Å². The van der Waals surface area contributed by atoms with E-state index in [2.05, 4.69) is 26.0 Å². The molecule has 1 rings (SSSR count). The first-order chi connectivity index (χ1) is 19.2. The number of rotatable bonds is 11. The third kappa shape index (κ3) is 10.2. The number of nitrogens with two attached hydrogens (primary N) is 1. The molecule has 42 heavy (non-hydrogen) atoms. The van der Waals surface area contributed by atoms with Gasteiger partial charge in [-0.2, -0.15) is 13.2 Å². The average molecular weight is 615 g/mol. The minimum atomic E-state index is -5.54. The zero-order valence-electron chi connectivity index (χ0n) is 23.0. The molecule has 0 unspecified atom stereocenters. The van der Waals surface area contributed by atoms with Crippen molar-refractivity contribution in [2.75, 3.05) is 6.61 Å². The third-order valence-electron chi connectivity index (χ3n) is 4.98. The van der Waals surface area contributed by atoms with Crippen LogP contribution in [0.2, 0.25) is 0 Å². The molecular weight excluding hydrogens is 581 g/mol. The molecule has 1 aliphatic heterocycles. The zero-order valence-corrected chi connectivity index (χ0v) is 23.0. The Kier molecular flexibility index (Phi) is 12.2. The van der Waals surface area contributed by atoms with Crippen LogP contribution in [0, 0.1) is 5.41 Å². The number of esters is 1. The van der Waals surface area contributed by atoms with Gasteiger partial charge < -0.3 is 56.2 Å². The molecule has 4 atom stereocenters. The molecule has 0 saturated carbocycles. The predicted octanol–water partition coefficient (Wildman–Crippen LogP) is -0.858. The summed E-state index contributed by atoms with van der Waals surface area (Å²) in [6.07, 6.45) is -12.7. The lowest BCUT2D eigenvalue weighted by Gasteiger charge is -2.47. The lowest BCUT2D eigenvalue weighted by molar-refractivity contribution is -0.287. The van der Waals surface area contributed by atoms with Crippen molar-refractivity contribution in [1.29, 1.82) is 5.41 Å². The Bertz CT molecular complexity index is 1060. The maximum Gasteiger partial charge on any atom is 0.490 e. The van der Waals surface area contributed by atoms with Crippen LogP contribution in [0.1, 0.15) is 34.6 Å². The fourth-order valence-corrected chi connectivity index (χ4v) is 3.51. The highest BCUT2D eigenvalue weighted by molar-refractivity contribution is 5.85. The number of halogens is 3. The lowest BCUT2D eigenvalue weighted by Crippen LogP contribution is -2.72. The highest BCUT2D eigenvalue weighted by atomic mass is 19.4. The Morgan fingerprint density at radius 3 is 1.93 bits per heavy atom. The summed E-state index contributed by atoms with van der Waals surface area (Å²) in [7, 11) is 0. The molecular formula is C22H33F3N6O11. The summed E-state index contributed by atoms with van der Waals surface area (Å²) in [5.74, 6) is -10.6. The number of ether oxygens (including phenoxy) is 4. The van der Waals surface area contributed by atoms with Gasteiger partial charge in [0.15, 0.2) is 12.1 Å². The number of guanidine groups is 1. The first-order valence-corrected chi connectivity index (χ1v) is 12.1. The summed E-state index contributed by atoms with van der Waals surface area (Å²) < 4.78 is 58.5. The van der Waals surface area contributed by atoms with Crippen molar-refractivity contribution in [2.45, 2.75) is 83.0 Å². The van der Waals surface area contributed by atoms with Gasteiger partial charge in [0, 0.05) is 19.0 Å². The summed E-state index contributed by atoms with van der Waals surface area (Å²) in [5, 5.41) is 37.4. The largest absolute Gasteiger partial charge is 0.490 e. The van der Waals surface area contributed by atoms with E-state index in [1.54, 1.807) is 0 Å². The molecule has 0 aliphatic carbocycles. The van der Waals surface area contributed by atoms with Gasteiger partial charge in [-0.15, -0.1) is 0 Å². The monoisotopic (exact) mass is 614 g/mol. The van der Waals surface area contributed by atoms with Crippen molar-refractivity contribution in [3.63, 3.8) is 0 Å². The van der Waals surface area contributed by atoms with E-state index in [1.165, 1.54) is 27.7 Å². The Balaban J connectivity index is 3.97. The first-order valence-electron chi connectivity index (χ1n) is 12.1. The predicted molar refractivity (Wildman–Crippen MR) is 132 cm³/mol. The standard InChI is InChI=1S/C22H33F3N6O11/c1-8(2)28-19(37)41-21(42-20(38)29-9(3)4,13(33)7-39-17(36)22(23,24)25)15-14(30-10(5)32)11(31-18(26)27)6-12(40-15)16(34)35/h6,8-9,11,13-15,33H,7H2,1-5H3,(H,28,37)(H,29,38)(H,30,32)(H,34,35)(H4,26,27,31)/t11-,13+,14+,15+/m0/s1. The van der Waals surface area contributed by atoms with Crippen LogP contribution in [-0.4, -0.2) is 101 Å². The molecule has 238 valence electrons. The van der Waals surface area contributed by atoms with Gasteiger partial charge in [-0.25, -0.2) is 19.2 Å². The molecule has 0 aromatic rings. The highest BCUT2D eigenvalue weighted by Crippen LogP contribution is 2.35. The van der Waals surface area contributed by atoms with Gasteiger partial charge in [-0.1, -0.05) is 0 Å². The van der Waals surface area contributed by atoms with Crippen LogP contribution < -0.4 is 27.0 Å². The number of aliphatic hydroxyl groups excluding tert-OH is 1. The first kappa shape index (κ1) is 35.5. The topological polar surface area (TPSA) is 261 Å². The maximum atomic E-state index is 12.8. The van der Waals surface area contributed by atoms with Gasteiger partial charge in [0.25, 0.3) is 0 Å². The molecule has 0 fully saturated rings. The van der Waals surface area contributed by atoms with Gasteiger partial charge in [0.1, 0.15) is 6.61 Å². The molecule has 9 N–H and O–H groups in total. The fourth-order valence-electron chi connectivity index (χ4n) is 3.51. The van der Waals surface area contributed by atoms with Gasteiger partial charge in [0.2, 0.25) is 17.8 Å². The number of amides is 3. The smallest absolute Gasteiger partial charge is 0.475 e. The van der Waals surface area contributed by atoms with E-state index in [9.17, 15) is 47.4 Å². The number of hydrogen-bond donors (Lipinski definition) is 8. The van der Waals surface area contributed by atoms with Gasteiger partial charge >= 0.3 is 36.1 Å². The number of carbonyl (C=O) groups excluding carboxylic acids is 4. The van der Waals surface area contributed by atoms with Gasteiger partial charge in [0.05, 0.1) is 12.1 Å². The summed E-state index contributed by atoms with van der Waals surface area (Å²) >= 11 is 0. The Morgan fingerprint density at radius 2 is 1.55 bits per heavy atom. The lowest BCUT2D eigenvalue weighted by atomic mass is 9.89. The fraction of sp³-hybridized carbons (Fsp3) is 0.636. The average Bonchev–Trinajstić information content (AvgIpc) is 2.80.